The van der Waals surface area contributed by atoms with Gasteiger partial charge in [-0.25, -0.2) is 8.78 Å². The highest BCUT2D eigenvalue weighted by Gasteiger charge is 2.09. The van der Waals surface area contributed by atoms with Gasteiger partial charge < -0.3 is 5.32 Å². The van der Waals surface area contributed by atoms with E-state index in [1.54, 1.807) is 4.90 Å². The Morgan fingerprint density at radius 2 is 2.00 bits per heavy atom. The normalized spacial score (nSPS) is 11.5. The monoisotopic (exact) mass is 180 g/mol. The SMILES string of the molecule is CCCN(CCNC)CC(F)F. The molecule has 0 heterocycles. The van der Waals surface area contributed by atoms with Gasteiger partial charge in [0.15, 0.2) is 0 Å². The Bertz CT molecular complexity index is 99.1. The molecule has 0 atom stereocenters. The molecule has 2 nitrogen and oxygen atoms in total. The molecular formula is C8H18F2N2. The van der Waals surface area contributed by atoms with Gasteiger partial charge in [-0.15, -0.1) is 0 Å². The molecule has 0 aliphatic rings. The fraction of sp³-hybridized carbons (Fsp3) is 1.00. The molecule has 0 rings (SSSR count). The molecule has 0 saturated carbocycles. The lowest BCUT2D eigenvalue weighted by Gasteiger charge is -2.20. The van der Waals surface area contributed by atoms with Crippen LogP contribution in [-0.2, 0) is 0 Å². The summed E-state index contributed by atoms with van der Waals surface area (Å²) >= 11 is 0. The molecule has 12 heavy (non-hydrogen) atoms. The fourth-order valence-electron chi connectivity index (χ4n) is 1.08. The van der Waals surface area contributed by atoms with Gasteiger partial charge in [-0.2, -0.15) is 0 Å². The summed E-state index contributed by atoms with van der Waals surface area (Å²) < 4.78 is 23.9. The summed E-state index contributed by atoms with van der Waals surface area (Å²) in [5.41, 5.74) is 0. The van der Waals surface area contributed by atoms with Crippen LogP contribution in [-0.4, -0.2) is 44.6 Å². The molecule has 4 heteroatoms. The highest BCUT2D eigenvalue weighted by Crippen LogP contribution is 1.98. The van der Waals surface area contributed by atoms with Gasteiger partial charge in [-0.3, -0.25) is 4.90 Å². The van der Waals surface area contributed by atoms with Crippen molar-refractivity contribution in [1.82, 2.24) is 10.2 Å². The Hall–Kier alpha value is -0.220. The zero-order valence-electron chi connectivity index (χ0n) is 7.82. The van der Waals surface area contributed by atoms with Crippen LogP contribution in [0.2, 0.25) is 0 Å². The van der Waals surface area contributed by atoms with E-state index in [1.807, 2.05) is 14.0 Å². The van der Waals surface area contributed by atoms with E-state index in [0.717, 1.165) is 19.5 Å². The van der Waals surface area contributed by atoms with Crippen molar-refractivity contribution in [3.05, 3.63) is 0 Å². The third-order valence-electron chi connectivity index (χ3n) is 1.61. The van der Waals surface area contributed by atoms with Crippen LogP contribution >= 0.6 is 0 Å². The van der Waals surface area contributed by atoms with Crippen LogP contribution in [0.15, 0.2) is 0 Å². The Morgan fingerprint density at radius 1 is 1.33 bits per heavy atom. The first-order chi connectivity index (χ1) is 5.70. The molecule has 1 N–H and O–H groups in total. The maximum atomic E-state index is 12.0. The van der Waals surface area contributed by atoms with Crippen molar-refractivity contribution in [2.24, 2.45) is 0 Å². The van der Waals surface area contributed by atoms with E-state index in [0.29, 0.717) is 6.54 Å². The Kier molecular flexibility index (Phi) is 7.29. The van der Waals surface area contributed by atoms with Gasteiger partial charge in [0.25, 0.3) is 6.43 Å². The van der Waals surface area contributed by atoms with Crippen molar-refractivity contribution in [3.8, 4) is 0 Å². The third-order valence-corrected chi connectivity index (χ3v) is 1.61. The largest absolute Gasteiger partial charge is 0.318 e. The van der Waals surface area contributed by atoms with E-state index in [4.69, 9.17) is 0 Å². The molecule has 74 valence electrons. The minimum Gasteiger partial charge on any atom is -0.318 e. The van der Waals surface area contributed by atoms with E-state index >= 15 is 0 Å². The molecule has 0 fully saturated rings. The third kappa shape index (κ3) is 6.49. The molecule has 0 spiro atoms. The highest BCUT2D eigenvalue weighted by atomic mass is 19.3. The highest BCUT2D eigenvalue weighted by molar-refractivity contribution is 4.59. The van der Waals surface area contributed by atoms with Crippen molar-refractivity contribution in [2.75, 3.05) is 33.2 Å². The number of rotatable bonds is 7. The molecule has 0 aromatic carbocycles. The number of likely N-dealkylation sites (N-methyl/N-ethyl adjacent to an activating group) is 1. The van der Waals surface area contributed by atoms with E-state index < -0.39 is 6.43 Å². The Labute approximate surface area is 72.9 Å². The summed E-state index contributed by atoms with van der Waals surface area (Å²) in [6, 6.07) is 0. The first kappa shape index (κ1) is 11.8. The second kappa shape index (κ2) is 7.43. The summed E-state index contributed by atoms with van der Waals surface area (Å²) in [7, 11) is 1.83. The first-order valence-corrected chi connectivity index (χ1v) is 4.35. The smallest absolute Gasteiger partial charge is 0.251 e. The zero-order valence-corrected chi connectivity index (χ0v) is 7.82. The maximum absolute atomic E-state index is 12.0. The molecule has 0 bridgehead atoms. The summed E-state index contributed by atoms with van der Waals surface area (Å²) in [5, 5.41) is 2.94. The average molecular weight is 180 g/mol. The molecule has 0 unspecified atom stereocenters. The van der Waals surface area contributed by atoms with Gasteiger partial charge in [-0.05, 0) is 20.0 Å². The zero-order chi connectivity index (χ0) is 9.40. The Balaban J connectivity index is 3.54. The lowest BCUT2D eigenvalue weighted by atomic mass is 10.4. The van der Waals surface area contributed by atoms with Gasteiger partial charge in [0, 0.05) is 13.1 Å². The van der Waals surface area contributed by atoms with Gasteiger partial charge in [0.1, 0.15) is 0 Å². The summed E-state index contributed by atoms with van der Waals surface area (Å²) in [4.78, 5) is 1.78. The van der Waals surface area contributed by atoms with Crippen LogP contribution < -0.4 is 5.32 Å². The van der Waals surface area contributed by atoms with Crippen molar-refractivity contribution < 1.29 is 8.78 Å². The van der Waals surface area contributed by atoms with Gasteiger partial charge >= 0.3 is 0 Å². The minimum atomic E-state index is -2.21. The van der Waals surface area contributed by atoms with Crippen LogP contribution in [0.3, 0.4) is 0 Å². The van der Waals surface area contributed by atoms with Gasteiger partial charge in [0.2, 0.25) is 0 Å². The first-order valence-electron chi connectivity index (χ1n) is 4.35. The number of alkyl halides is 2. The van der Waals surface area contributed by atoms with Gasteiger partial charge in [0.05, 0.1) is 6.54 Å². The topological polar surface area (TPSA) is 15.3 Å². The van der Waals surface area contributed by atoms with E-state index in [9.17, 15) is 8.78 Å². The predicted molar refractivity (Wildman–Crippen MR) is 46.7 cm³/mol. The number of nitrogens with zero attached hydrogens (tertiary/aromatic N) is 1. The summed E-state index contributed by atoms with van der Waals surface area (Å²) in [5.74, 6) is 0. The average Bonchev–Trinajstić information content (AvgIpc) is 2.00. The van der Waals surface area contributed by atoms with Crippen LogP contribution in [0.25, 0.3) is 0 Å². The molecule has 0 aliphatic heterocycles. The molecular weight excluding hydrogens is 162 g/mol. The Morgan fingerprint density at radius 3 is 2.42 bits per heavy atom. The number of hydrogen-bond acceptors (Lipinski definition) is 2. The fourth-order valence-corrected chi connectivity index (χ4v) is 1.08. The van der Waals surface area contributed by atoms with Crippen LogP contribution in [0.4, 0.5) is 8.78 Å². The van der Waals surface area contributed by atoms with Crippen molar-refractivity contribution in [3.63, 3.8) is 0 Å². The molecule has 0 radical (unpaired) electrons. The lowest BCUT2D eigenvalue weighted by Crippen LogP contribution is -2.35. The van der Waals surface area contributed by atoms with Gasteiger partial charge in [-0.1, -0.05) is 6.92 Å². The molecule has 0 aromatic heterocycles. The van der Waals surface area contributed by atoms with E-state index in [1.165, 1.54) is 0 Å². The molecule has 0 aromatic rings. The second-order valence-corrected chi connectivity index (χ2v) is 2.80. The maximum Gasteiger partial charge on any atom is 0.251 e. The quantitative estimate of drug-likeness (QED) is 0.633. The molecule has 0 aliphatic carbocycles. The van der Waals surface area contributed by atoms with Crippen LogP contribution in [0.5, 0.6) is 0 Å². The summed E-state index contributed by atoms with van der Waals surface area (Å²) in [6.45, 7) is 4.13. The van der Waals surface area contributed by atoms with Crippen molar-refractivity contribution in [2.45, 2.75) is 19.8 Å². The van der Waals surface area contributed by atoms with Crippen molar-refractivity contribution >= 4 is 0 Å². The van der Waals surface area contributed by atoms with Crippen LogP contribution in [0.1, 0.15) is 13.3 Å². The number of halogens is 2. The van der Waals surface area contributed by atoms with Crippen LogP contribution in [0, 0.1) is 0 Å². The van der Waals surface area contributed by atoms with Crippen molar-refractivity contribution in [1.29, 1.82) is 0 Å². The van der Waals surface area contributed by atoms with E-state index in [2.05, 4.69) is 5.32 Å². The lowest BCUT2D eigenvalue weighted by molar-refractivity contribution is 0.0888. The summed E-state index contributed by atoms with van der Waals surface area (Å²) in [6.07, 6.45) is -1.29. The molecule has 0 saturated heterocycles. The second-order valence-electron chi connectivity index (χ2n) is 2.80. The standard InChI is InChI=1S/C8H18F2N2/c1-3-5-12(6-4-11-2)7-8(9)10/h8,11H,3-7H2,1-2H3. The number of nitrogens with one attached hydrogen (secondary N) is 1. The minimum absolute atomic E-state index is 0.102. The predicted octanol–water partition coefficient (Wildman–Crippen LogP) is 1.18. The molecule has 0 amide bonds. The van der Waals surface area contributed by atoms with E-state index in [-0.39, 0.29) is 6.54 Å². The number of hydrogen-bond donors (Lipinski definition) is 1.